The number of anilines is 1. The lowest BCUT2D eigenvalue weighted by atomic mass is 9.84. The van der Waals surface area contributed by atoms with Crippen LogP contribution < -0.4 is 10.5 Å². The van der Waals surface area contributed by atoms with Gasteiger partial charge >= 0.3 is 0 Å². The van der Waals surface area contributed by atoms with Crippen LogP contribution in [-0.4, -0.2) is 47.6 Å². The Balaban J connectivity index is 1.20. The Bertz CT molecular complexity index is 1410. The fourth-order valence-corrected chi connectivity index (χ4v) is 5.13. The third-order valence-corrected chi connectivity index (χ3v) is 6.93. The smallest absolute Gasteiger partial charge is 0.252 e. The number of hydrogen-bond donors (Lipinski definition) is 1. The molecule has 178 valence electrons. The predicted molar refractivity (Wildman–Crippen MR) is 116 cm³/mol. The number of nitrogen functional groups attached to an aromatic ring is 1. The molecule has 0 radical (unpaired) electrons. The van der Waals surface area contributed by atoms with Crippen molar-refractivity contribution in [2.24, 2.45) is 5.92 Å². The van der Waals surface area contributed by atoms with Crippen molar-refractivity contribution in [2.45, 2.75) is 56.9 Å². The van der Waals surface area contributed by atoms with Crippen molar-refractivity contribution in [2.75, 3.05) is 12.8 Å². The SMILES string of the molecule is COc1cc(F)cc2c1nc(N)n1nc(CCC3CCc4c(nnn4C4CC(F)(F)C4)C3)nc21. The second-order valence-corrected chi connectivity index (χ2v) is 9.23. The molecule has 34 heavy (non-hydrogen) atoms. The first-order valence-electron chi connectivity index (χ1n) is 11.3. The number of halogens is 3. The number of aromatic nitrogens is 7. The average molecular weight is 472 g/mol. The molecular weight excluding hydrogens is 449 g/mol. The summed E-state index contributed by atoms with van der Waals surface area (Å²) in [5.41, 5.74) is 8.84. The molecule has 2 N–H and O–H groups in total. The molecular formula is C22H23F3N8O. The van der Waals surface area contributed by atoms with E-state index in [-0.39, 0.29) is 30.6 Å². The van der Waals surface area contributed by atoms with Crippen molar-refractivity contribution in [3.63, 3.8) is 0 Å². The van der Waals surface area contributed by atoms with E-state index in [1.54, 1.807) is 4.68 Å². The van der Waals surface area contributed by atoms with Crippen LogP contribution in [0.1, 0.15) is 48.9 Å². The van der Waals surface area contributed by atoms with E-state index in [9.17, 15) is 13.2 Å². The number of nitrogens with zero attached hydrogens (tertiary/aromatic N) is 7. The summed E-state index contributed by atoms with van der Waals surface area (Å²) in [5.74, 6) is -1.66. The van der Waals surface area contributed by atoms with Gasteiger partial charge < -0.3 is 10.5 Å². The van der Waals surface area contributed by atoms with E-state index in [0.29, 0.717) is 34.7 Å². The van der Waals surface area contributed by atoms with Crippen LogP contribution in [0.3, 0.4) is 0 Å². The van der Waals surface area contributed by atoms with Gasteiger partial charge in [-0.25, -0.2) is 27.8 Å². The molecule has 6 rings (SSSR count). The fraction of sp³-hybridized carbons (Fsp3) is 0.500. The van der Waals surface area contributed by atoms with Crippen molar-refractivity contribution in [1.29, 1.82) is 0 Å². The number of rotatable bonds is 5. The van der Waals surface area contributed by atoms with Gasteiger partial charge in [0.2, 0.25) is 5.95 Å². The largest absolute Gasteiger partial charge is 0.494 e. The minimum atomic E-state index is -2.58. The molecule has 1 saturated carbocycles. The van der Waals surface area contributed by atoms with Gasteiger partial charge in [0.15, 0.2) is 11.5 Å². The summed E-state index contributed by atoms with van der Waals surface area (Å²) >= 11 is 0. The normalized spacial score (nSPS) is 19.9. The first-order valence-corrected chi connectivity index (χ1v) is 11.3. The van der Waals surface area contributed by atoms with Crippen LogP contribution in [0.15, 0.2) is 12.1 Å². The van der Waals surface area contributed by atoms with Gasteiger partial charge in [-0.2, -0.15) is 4.52 Å². The van der Waals surface area contributed by atoms with Crippen LogP contribution in [0, 0.1) is 11.7 Å². The zero-order valence-corrected chi connectivity index (χ0v) is 18.5. The van der Waals surface area contributed by atoms with Crippen molar-refractivity contribution in [1.82, 2.24) is 34.6 Å². The van der Waals surface area contributed by atoms with Crippen LogP contribution in [0.25, 0.3) is 16.6 Å². The number of aryl methyl sites for hydroxylation is 1. The minimum Gasteiger partial charge on any atom is -0.494 e. The van der Waals surface area contributed by atoms with Crippen molar-refractivity contribution in [3.05, 3.63) is 35.2 Å². The van der Waals surface area contributed by atoms with Crippen molar-refractivity contribution >= 4 is 22.5 Å². The van der Waals surface area contributed by atoms with Gasteiger partial charge in [-0.3, -0.25) is 0 Å². The van der Waals surface area contributed by atoms with Crippen molar-refractivity contribution < 1.29 is 17.9 Å². The molecule has 0 spiro atoms. The number of ether oxygens (including phenoxy) is 1. The lowest BCUT2D eigenvalue weighted by Crippen LogP contribution is -2.38. The van der Waals surface area contributed by atoms with Gasteiger partial charge in [-0.1, -0.05) is 5.21 Å². The van der Waals surface area contributed by atoms with E-state index in [4.69, 9.17) is 10.5 Å². The highest BCUT2D eigenvalue weighted by Gasteiger charge is 2.47. The minimum absolute atomic E-state index is 0.145. The maximum atomic E-state index is 14.1. The predicted octanol–water partition coefficient (Wildman–Crippen LogP) is 3.31. The molecule has 3 heterocycles. The molecule has 12 heteroatoms. The van der Waals surface area contributed by atoms with Gasteiger partial charge in [-0.15, -0.1) is 10.2 Å². The van der Waals surface area contributed by atoms with Gasteiger partial charge in [-0.05, 0) is 37.7 Å². The van der Waals surface area contributed by atoms with Crippen LogP contribution >= 0.6 is 0 Å². The summed E-state index contributed by atoms with van der Waals surface area (Å²) in [6.07, 6.45) is 3.56. The molecule has 1 aromatic carbocycles. The monoisotopic (exact) mass is 472 g/mol. The van der Waals surface area contributed by atoms with Gasteiger partial charge in [0.05, 0.1) is 29.9 Å². The Labute approximate surface area is 192 Å². The first-order chi connectivity index (χ1) is 16.3. The number of nitrogens with two attached hydrogens (primary N) is 1. The number of alkyl halides is 2. The number of benzene rings is 1. The summed E-state index contributed by atoms with van der Waals surface area (Å²) < 4.78 is 49.0. The topological polar surface area (TPSA) is 109 Å². The Hall–Kier alpha value is -3.44. The van der Waals surface area contributed by atoms with Crippen molar-refractivity contribution in [3.8, 4) is 5.75 Å². The molecule has 2 aliphatic rings. The molecule has 1 unspecified atom stereocenters. The second kappa shape index (κ2) is 7.54. The van der Waals surface area contributed by atoms with Crippen LogP contribution in [0.4, 0.5) is 19.1 Å². The second-order valence-electron chi connectivity index (χ2n) is 9.23. The molecule has 2 aliphatic carbocycles. The Morgan fingerprint density at radius 1 is 1.24 bits per heavy atom. The maximum Gasteiger partial charge on any atom is 0.252 e. The van der Waals surface area contributed by atoms with E-state index in [0.717, 1.165) is 37.1 Å². The highest BCUT2D eigenvalue weighted by molar-refractivity contribution is 5.95. The summed E-state index contributed by atoms with van der Waals surface area (Å²) in [7, 11) is 1.45. The number of hydrogen-bond acceptors (Lipinski definition) is 7. The van der Waals surface area contributed by atoms with Gasteiger partial charge in [0.1, 0.15) is 17.1 Å². The molecule has 4 aromatic rings. The standard InChI is InChI=1S/C22H23F3N8O/c1-34-17-8-12(23)7-14-19(17)28-21(26)33-20(14)27-18(30-33)5-3-11-2-4-16-15(6-11)29-31-32(16)13-9-22(24,25)10-13/h7-8,11,13H,2-6,9-10H2,1H3,(H2,26,28). The first kappa shape index (κ1) is 21.1. The zero-order chi connectivity index (χ0) is 23.6. The van der Waals surface area contributed by atoms with E-state index < -0.39 is 11.7 Å². The van der Waals surface area contributed by atoms with Gasteiger partial charge in [0, 0.05) is 25.3 Å². The van der Waals surface area contributed by atoms with Gasteiger partial charge in [0.25, 0.3) is 5.92 Å². The molecule has 9 nitrogen and oxygen atoms in total. The zero-order valence-electron chi connectivity index (χ0n) is 18.5. The lowest BCUT2D eigenvalue weighted by molar-refractivity contribution is -0.107. The Kier molecular flexibility index (Phi) is 4.68. The van der Waals surface area contributed by atoms with Crippen LogP contribution in [0.2, 0.25) is 0 Å². The molecule has 0 amide bonds. The molecule has 0 aliphatic heterocycles. The van der Waals surface area contributed by atoms with Crippen LogP contribution in [0.5, 0.6) is 5.75 Å². The Morgan fingerprint density at radius 2 is 2.06 bits per heavy atom. The average Bonchev–Trinajstić information content (AvgIpc) is 3.40. The number of methoxy groups -OCH3 is 1. The summed E-state index contributed by atoms with van der Waals surface area (Å²) in [4.78, 5) is 8.94. The molecule has 0 bridgehead atoms. The fourth-order valence-electron chi connectivity index (χ4n) is 5.13. The van der Waals surface area contributed by atoms with E-state index in [1.165, 1.54) is 23.8 Å². The maximum absolute atomic E-state index is 14.1. The molecule has 1 fully saturated rings. The number of fused-ring (bicyclic) bond motifs is 4. The Morgan fingerprint density at radius 3 is 2.82 bits per heavy atom. The quantitative estimate of drug-likeness (QED) is 0.475. The molecule has 1 atom stereocenters. The highest BCUT2D eigenvalue weighted by Crippen LogP contribution is 2.46. The third-order valence-electron chi connectivity index (χ3n) is 6.93. The van der Waals surface area contributed by atoms with E-state index in [1.807, 2.05) is 0 Å². The van der Waals surface area contributed by atoms with Crippen LogP contribution in [-0.2, 0) is 19.3 Å². The molecule has 0 saturated heterocycles. The summed E-state index contributed by atoms with van der Waals surface area (Å²) in [6, 6.07) is 2.36. The molecule has 3 aromatic heterocycles. The summed E-state index contributed by atoms with van der Waals surface area (Å²) in [5, 5.41) is 13.4. The van der Waals surface area contributed by atoms with E-state index >= 15 is 0 Å². The highest BCUT2D eigenvalue weighted by atomic mass is 19.3. The van der Waals surface area contributed by atoms with E-state index in [2.05, 4.69) is 25.4 Å². The third kappa shape index (κ3) is 3.43. The lowest BCUT2D eigenvalue weighted by Gasteiger charge is -2.36. The summed E-state index contributed by atoms with van der Waals surface area (Å²) in [6.45, 7) is 0.